The maximum Gasteiger partial charge on any atom is 0.169 e. The lowest BCUT2D eigenvalue weighted by atomic mass is 10.0. The molecule has 28 heavy (non-hydrogen) atoms. The van der Waals surface area contributed by atoms with Crippen LogP contribution in [0.2, 0.25) is 0 Å². The fourth-order valence-corrected chi connectivity index (χ4v) is 5.47. The quantitative estimate of drug-likeness (QED) is 0.493. The van der Waals surface area contributed by atoms with Gasteiger partial charge >= 0.3 is 0 Å². The van der Waals surface area contributed by atoms with Gasteiger partial charge in [0.25, 0.3) is 0 Å². The molecule has 0 aromatic heterocycles. The first kappa shape index (κ1) is 21.3. The fraction of sp³-hybridized carbons (Fsp3) is 0.952. The highest BCUT2D eigenvalue weighted by Gasteiger charge is 2.37. The summed E-state index contributed by atoms with van der Waals surface area (Å²) in [5.41, 5.74) is 0. The van der Waals surface area contributed by atoms with E-state index in [9.17, 15) is 4.79 Å². The summed E-state index contributed by atoms with van der Waals surface area (Å²) in [6.07, 6.45) is 5.59. The van der Waals surface area contributed by atoms with Crippen LogP contribution in [0, 0.1) is 11.8 Å². The number of hydrogen-bond acceptors (Lipinski definition) is 5. The van der Waals surface area contributed by atoms with Gasteiger partial charge in [0.1, 0.15) is 0 Å². The topological polar surface area (TPSA) is 30.0 Å². The Morgan fingerprint density at radius 1 is 0.679 bits per heavy atom. The van der Waals surface area contributed by atoms with Gasteiger partial charge in [0.2, 0.25) is 0 Å². The van der Waals surface area contributed by atoms with Crippen molar-refractivity contribution in [3.05, 3.63) is 0 Å². The highest BCUT2D eigenvalue weighted by molar-refractivity contribution is 6.22. The molecule has 0 bridgehead atoms. The number of carbonyl (C=O) groups is 1. The first-order valence-electron chi connectivity index (χ1n) is 11.3. The zero-order valence-electron chi connectivity index (χ0n) is 17.1. The van der Waals surface area contributed by atoms with Crippen LogP contribution in [0.4, 0.5) is 0 Å². The lowest BCUT2D eigenvalue weighted by Crippen LogP contribution is -2.60. The minimum absolute atomic E-state index is 0.196. The third kappa shape index (κ3) is 5.61. The molecule has 2 unspecified atom stereocenters. The van der Waals surface area contributed by atoms with E-state index in [4.69, 9.17) is 23.2 Å². The lowest BCUT2D eigenvalue weighted by Gasteiger charge is -2.42. The number of rotatable bonds is 10. The zero-order valence-corrected chi connectivity index (χ0v) is 18.6. The zero-order chi connectivity index (χ0) is 19.5. The van der Waals surface area contributed by atoms with Crippen LogP contribution in [-0.2, 0) is 4.79 Å². The highest BCUT2D eigenvalue weighted by Crippen LogP contribution is 2.31. The van der Waals surface area contributed by atoms with Crippen molar-refractivity contribution in [1.29, 1.82) is 0 Å². The molecule has 0 radical (unpaired) electrons. The number of ketones is 1. The van der Waals surface area contributed by atoms with Crippen molar-refractivity contribution in [3.63, 3.8) is 0 Å². The molecular formula is C21H36Cl2N4O. The van der Waals surface area contributed by atoms with Crippen molar-refractivity contribution in [2.75, 3.05) is 77.2 Å². The summed E-state index contributed by atoms with van der Waals surface area (Å²) in [4.78, 5) is 23.1. The second-order valence-electron chi connectivity index (χ2n) is 9.30. The molecule has 160 valence electrons. The number of halogens is 2. The summed E-state index contributed by atoms with van der Waals surface area (Å²) < 4.78 is 0. The fourth-order valence-electron chi connectivity index (χ4n) is 4.78. The molecule has 4 fully saturated rings. The molecule has 2 aliphatic carbocycles. The van der Waals surface area contributed by atoms with E-state index < -0.39 is 0 Å². The molecule has 5 nitrogen and oxygen atoms in total. The Kier molecular flexibility index (Phi) is 7.56. The van der Waals surface area contributed by atoms with Crippen LogP contribution in [0.3, 0.4) is 0 Å². The minimum Gasteiger partial charge on any atom is -0.301 e. The van der Waals surface area contributed by atoms with Crippen molar-refractivity contribution in [3.8, 4) is 0 Å². The monoisotopic (exact) mass is 430 g/mol. The second kappa shape index (κ2) is 9.93. The predicted octanol–water partition coefficient (Wildman–Crippen LogP) is 1.83. The molecule has 0 N–H and O–H groups in total. The number of alkyl halides is 2. The molecule has 2 atom stereocenters. The van der Waals surface area contributed by atoms with Crippen molar-refractivity contribution >= 4 is 29.0 Å². The van der Waals surface area contributed by atoms with Crippen molar-refractivity contribution in [2.24, 2.45) is 11.8 Å². The Hall–Kier alpha value is 0.0900. The van der Waals surface area contributed by atoms with Crippen molar-refractivity contribution in [1.82, 2.24) is 19.6 Å². The SMILES string of the molecule is O=C(C(CCl)N1CCN(CC2CC2)CC1)C(CCl)N1CCN(CC2CC2)CC1. The Morgan fingerprint density at radius 3 is 1.32 bits per heavy atom. The van der Waals surface area contributed by atoms with Gasteiger partial charge in [0, 0.05) is 77.2 Å². The Morgan fingerprint density at radius 2 is 1.04 bits per heavy atom. The number of hydrogen-bond donors (Lipinski definition) is 0. The minimum atomic E-state index is -0.196. The third-order valence-corrected chi connectivity index (χ3v) is 7.66. The van der Waals surface area contributed by atoms with Gasteiger partial charge in [0.15, 0.2) is 5.78 Å². The molecule has 0 amide bonds. The van der Waals surface area contributed by atoms with Crippen LogP contribution in [0.15, 0.2) is 0 Å². The van der Waals surface area contributed by atoms with Gasteiger partial charge in [-0.25, -0.2) is 0 Å². The van der Waals surface area contributed by atoms with Crippen molar-refractivity contribution < 1.29 is 4.79 Å². The summed E-state index contributed by atoms with van der Waals surface area (Å²) in [6, 6.07) is -0.393. The number of Topliss-reactive ketones (excluding diaryl/α,β-unsaturated/α-hetero) is 1. The Balaban J connectivity index is 1.27. The van der Waals surface area contributed by atoms with E-state index in [1.54, 1.807) is 0 Å². The molecule has 2 aliphatic heterocycles. The van der Waals surface area contributed by atoms with Crippen LogP contribution < -0.4 is 0 Å². The average Bonchev–Trinajstić information content (AvgIpc) is 3.63. The average molecular weight is 431 g/mol. The van der Waals surface area contributed by atoms with Gasteiger partial charge in [-0.2, -0.15) is 0 Å². The summed E-state index contributed by atoms with van der Waals surface area (Å²) in [5, 5.41) is 0. The first-order valence-corrected chi connectivity index (χ1v) is 12.3. The number of carbonyl (C=O) groups excluding carboxylic acids is 1. The molecule has 7 heteroatoms. The molecule has 0 aromatic rings. The molecule has 0 spiro atoms. The summed E-state index contributed by atoms with van der Waals surface area (Å²) in [5.74, 6) is 2.83. The first-order chi connectivity index (χ1) is 13.7. The number of nitrogens with zero attached hydrogens (tertiary/aromatic N) is 4. The maximum atomic E-state index is 13.4. The normalized spacial score (nSPS) is 28.4. The van der Waals surface area contributed by atoms with Gasteiger partial charge in [-0.3, -0.25) is 14.6 Å². The van der Waals surface area contributed by atoms with E-state index in [0.717, 1.165) is 64.2 Å². The number of piperazine rings is 2. The lowest BCUT2D eigenvalue weighted by molar-refractivity contribution is -0.129. The molecular weight excluding hydrogens is 395 g/mol. The Labute approximate surface area is 180 Å². The molecule has 0 aromatic carbocycles. The summed E-state index contributed by atoms with van der Waals surface area (Å²) in [6.45, 7) is 10.5. The maximum absolute atomic E-state index is 13.4. The molecule has 4 rings (SSSR count). The summed E-state index contributed by atoms with van der Waals surface area (Å²) in [7, 11) is 0. The standard InChI is InChI=1S/C21H36Cl2N4O/c22-13-19(26-9-5-24(6-10-26)15-17-1-2-17)21(28)20(14-23)27-11-7-25(8-12-27)16-18-3-4-18/h17-20H,1-16H2. The van der Waals surface area contributed by atoms with Gasteiger partial charge in [-0.15, -0.1) is 23.2 Å². The molecule has 2 heterocycles. The highest BCUT2D eigenvalue weighted by atomic mass is 35.5. The molecule has 2 saturated carbocycles. The van der Waals surface area contributed by atoms with E-state index in [2.05, 4.69) is 19.6 Å². The van der Waals surface area contributed by atoms with Crippen LogP contribution in [0.1, 0.15) is 25.7 Å². The van der Waals surface area contributed by atoms with Crippen molar-refractivity contribution in [2.45, 2.75) is 37.8 Å². The third-order valence-electron chi connectivity index (χ3n) is 7.07. The van der Waals surface area contributed by atoms with E-state index in [1.807, 2.05) is 0 Å². The summed E-state index contributed by atoms with van der Waals surface area (Å²) >= 11 is 12.6. The van der Waals surface area contributed by atoms with Crippen LogP contribution in [0.5, 0.6) is 0 Å². The van der Waals surface area contributed by atoms with Gasteiger partial charge in [0.05, 0.1) is 12.1 Å². The Bertz CT molecular complexity index is 469. The predicted molar refractivity (Wildman–Crippen MR) is 115 cm³/mol. The van der Waals surface area contributed by atoms with Gasteiger partial charge in [-0.05, 0) is 37.5 Å². The van der Waals surface area contributed by atoms with Gasteiger partial charge < -0.3 is 9.80 Å². The van der Waals surface area contributed by atoms with Crippen LogP contribution in [0.25, 0.3) is 0 Å². The van der Waals surface area contributed by atoms with E-state index in [1.165, 1.54) is 38.8 Å². The van der Waals surface area contributed by atoms with E-state index in [-0.39, 0.29) is 17.9 Å². The second-order valence-corrected chi connectivity index (χ2v) is 9.92. The molecule has 4 aliphatic rings. The van der Waals surface area contributed by atoms with E-state index in [0.29, 0.717) is 11.8 Å². The van der Waals surface area contributed by atoms with Crippen LogP contribution in [-0.4, -0.2) is 115 Å². The van der Waals surface area contributed by atoms with E-state index >= 15 is 0 Å². The van der Waals surface area contributed by atoms with Gasteiger partial charge in [-0.1, -0.05) is 0 Å². The van der Waals surface area contributed by atoms with Crippen LogP contribution >= 0.6 is 23.2 Å². The molecule has 2 saturated heterocycles. The smallest absolute Gasteiger partial charge is 0.169 e. The largest absolute Gasteiger partial charge is 0.301 e.